The highest BCUT2D eigenvalue weighted by molar-refractivity contribution is 7.92. The maximum atomic E-state index is 14.1. The molecule has 208 valence electrons. The molecule has 3 aromatic carbocycles. The molecule has 0 aliphatic carbocycles. The number of hydrogen-bond donors (Lipinski definition) is 1. The summed E-state index contributed by atoms with van der Waals surface area (Å²) >= 11 is 5.99. The number of sulfonamides is 1. The standard InChI is InChI=1S/C30H36ClN3O4S/c1-5-23(4)32-30(36)28(6-2)33(20-24-13-11-10-12-22(24)3)29(35)21-34(26-14-8-7-9-15-26)39(37,38)27-18-16-25(31)17-19-27/h7-19,23,28H,5-6,20-21H2,1-4H3,(H,32,36). The number of amides is 2. The maximum absolute atomic E-state index is 14.1. The average molecular weight is 570 g/mol. The molecule has 0 aromatic heterocycles. The molecule has 0 fully saturated rings. The van der Waals surface area contributed by atoms with E-state index in [2.05, 4.69) is 5.32 Å². The molecule has 0 saturated heterocycles. The van der Waals surface area contributed by atoms with Gasteiger partial charge >= 0.3 is 0 Å². The van der Waals surface area contributed by atoms with E-state index >= 15 is 0 Å². The third kappa shape index (κ3) is 7.61. The number of anilines is 1. The van der Waals surface area contributed by atoms with Crippen LogP contribution in [-0.2, 0) is 26.2 Å². The van der Waals surface area contributed by atoms with Crippen LogP contribution >= 0.6 is 11.6 Å². The Labute approximate surface area is 236 Å². The molecule has 2 atom stereocenters. The molecule has 0 radical (unpaired) electrons. The highest BCUT2D eigenvalue weighted by Crippen LogP contribution is 2.26. The first-order chi connectivity index (χ1) is 18.6. The van der Waals surface area contributed by atoms with Crippen LogP contribution in [-0.4, -0.2) is 43.8 Å². The minimum atomic E-state index is -4.13. The minimum absolute atomic E-state index is 0.00978. The van der Waals surface area contributed by atoms with Gasteiger partial charge in [-0.25, -0.2) is 8.42 Å². The second-order valence-electron chi connectivity index (χ2n) is 9.49. The van der Waals surface area contributed by atoms with Gasteiger partial charge in [0.05, 0.1) is 10.6 Å². The zero-order valence-corrected chi connectivity index (χ0v) is 24.4. The normalized spacial score (nSPS) is 12.8. The molecule has 2 amide bonds. The smallest absolute Gasteiger partial charge is 0.264 e. The topological polar surface area (TPSA) is 86.8 Å². The number of nitrogens with zero attached hydrogens (tertiary/aromatic N) is 2. The lowest BCUT2D eigenvalue weighted by molar-refractivity contribution is -0.140. The van der Waals surface area contributed by atoms with E-state index in [1.54, 1.807) is 30.3 Å². The van der Waals surface area contributed by atoms with Crippen molar-refractivity contribution in [1.29, 1.82) is 0 Å². The Balaban J connectivity index is 2.04. The van der Waals surface area contributed by atoms with Gasteiger partial charge in [-0.3, -0.25) is 13.9 Å². The van der Waals surface area contributed by atoms with Gasteiger partial charge in [-0.2, -0.15) is 0 Å². The molecule has 0 bridgehead atoms. The Hall–Kier alpha value is -3.36. The Bertz CT molecular complexity index is 1360. The number of para-hydroxylation sites is 1. The summed E-state index contributed by atoms with van der Waals surface area (Å²) in [5, 5.41) is 3.39. The zero-order valence-electron chi connectivity index (χ0n) is 22.8. The molecular weight excluding hydrogens is 534 g/mol. The number of nitrogens with one attached hydrogen (secondary N) is 1. The van der Waals surface area contributed by atoms with E-state index < -0.39 is 28.5 Å². The fraction of sp³-hybridized carbons (Fsp3) is 0.333. The van der Waals surface area contributed by atoms with Gasteiger partial charge in [-0.15, -0.1) is 0 Å². The van der Waals surface area contributed by atoms with Crippen LogP contribution in [0.25, 0.3) is 0 Å². The molecule has 7 nitrogen and oxygen atoms in total. The summed E-state index contributed by atoms with van der Waals surface area (Å²) < 4.78 is 28.7. The maximum Gasteiger partial charge on any atom is 0.264 e. The number of rotatable bonds is 12. The second-order valence-corrected chi connectivity index (χ2v) is 11.8. The van der Waals surface area contributed by atoms with Crippen molar-refractivity contribution in [3.63, 3.8) is 0 Å². The van der Waals surface area contributed by atoms with E-state index in [0.29, 0.717) is 17.1 Å². The van der Waals surface area contributed by atoms with E-state index in [1.165, 1.54) is 29.2 Å². The summed E-state index contributed by atoms with van der Waals surface area (Å²) in [6, 6.07) is 21.1. The molecule has 1 N–H and O–H groups in total. The Morgan fingerprint density at radius 1 is 0.897 bits per heavy atom. The van der Waals surface area contributed by atoms with Crippen molar-refractivity contribution in [2.45, 2.75) is 64.1 Å². The van der Waals surface area contributed by atoms with Crippen LogP contribution in [0.5, 0.6) is 0 Å². The monoisotopic (exact) mass is 569 g/mol. The van der Waals surface area contributed by atoms with Gasteiger partial charge in [-0.05, 0) is 74.2 Å². The second kappa shape index (κ2) is 13.6. The summed E-state index contributed by atoms with van der Waals surface area (Å²) in [7, 11) is -4.13. The fourth-order valence-electron chi connectivity index (χ4n) is 4.19. The van der Waals surface area contributed by atoms with E-state index in [0.717, 1.165) is 21.9 Å². The molecule has 0 aliphatic rings. The van der Waals surface area contributed by atoms with Gasteiger partial charge in [0.15, 0.2) is 0 Å². The van der Waals surface area contributed by atoms with Gasteiger partial charge in [0.25, 0.3) is 10.0 Å². The minimum Gasteiger partial charge on any atom is -0.352 e. The van der Waals surface area contributed by atoms with Crippen LogP contribution < -0.4 is 9.62 Å². The highest BCUT2D eigenvalue weighted by atomic mass is 35.5. The number of benzene rings is 3. The first kappa shape index (κ1) is 30.2. The van der Waals surface area contributed by atoms with Crippen LogP contribution in [0.1, 0.15) is 44.7 Å². The molecule has 9 heteroatoms. The average Bonchev–Trinajstić information content (AvgIpc) is 2.93. The first-order valence-electron chi connectivity index (χ1n) is 13.1. The van der Waals surface area contributed by atoms with Gasteiger partial charge < -0.3 is 10.2 Å². The summed E-state index contributed by atoms with van der Waals surface area (Å²) in [4.78, 5) is 28.9. The van der Waals surface area contributed by atoms with Gasteiger partial charge in [0.2, 0.25) is 11.8 Å². The molecule has 3 aromatic rings. The fourth-order valence-corrected chi connectivity index (χ4v) is 5.73. The lowest BCUT2D eigenvalue weighted by Crippen LogP contribution is -2.53. The molecule has 3 rings (SSSR count). The van der Waals surface area contributed by atoms with Gasteiger partial charge in [0.1, 0.15) is 12.6 Å². The van der Waals surface area contributed by atoms with Crippen LogP contribution in [0, 0.1) is 6.92 Å². The van der Waals surface area contributed by atoms with Gasteiger partial charge in [0, 0.05) is 17.6 Å². The summed E-state index contributed by atoms with van der Waals surface area (Å²) in [5.41, 5.74) is 2.20. The van der Waals surface area contributed by atoms with Crippen molar-refractivity contribution < 1.29 is 18.0 Å². The predicted octanol–water partition coefficient (Wildman–Crippen LogP) is 5.57. The van der Waals surface area contributed by atoms with Crippen molar-refractivity contribution in [2.75, 3.05) is 10.8 Å². The van der Waals surface area contributed by atoms with Gasteiger partial charge in [-0.1, -0.05) is 67.9 Å². The van der Waals surface area contributed by atoms with E-state index in [9.17, 15) is 18.0 Å². The molecule has 0 heterocycles. The summed E-state index contributed by atoms with van der Waals surface area (Å²) in [5.74, 6) is -0.744. The summed E-state index contributed by atoms with van der Waals surface area (Å²) in [6.07, 6.45) is 1.12. The van der Waals surface area contributed by atoms with Crippen LogP contribution in [0.3, 0.4) is 0 Å². The Morgan fingerprint density at radius 3 is 2.10 bits per heavy atom. The first-order valence-corrected chi connectivity index (χ1v) is 14.9. The van der Waals surface area contributed by atoms with E-state index in [4.69, 9.17) is 11.6 Å². The third-order valence-corrected chi connectivity index (χ3v) is 8.75. The number of halogens is 1. The molecule has 2 unspecified atom stereocenters. The molecule has 0 aliphatic heterocycles. The van der Waals surface area contributed by atoms with E-state index in [-0.39, 0.29) is 23.4 Å². The number of carbonyl (C=O) groups excluding carboxylic acids is 2. The van der Waals surface area contributed by atoms with Crippen LogP contribution in [0.4, 0.5) is 5.69 Å². The van der Waals surface area contributed by atoms with Crippen molar-refractivity contribution >= 4 is 39.1 Å². The summed E-state index contributed by atoms with van der Waals surface area (Å²) in [6.45, 7) is 7.36. The molecule has 0 spiro atoms. The van der Waals surface area contributed by atoms with Crippen molar-refractivity contribution in [2.24, 2.45) is 0 Å². The molecule has 0 saturated carbocycles. The molecular formula is C30H36ClN3O4S. The lowest BCUT2D eigenvalue weighted by Gasteiger charge is -2.34. The van der Waals surface area contributed by atoms with Crippen LogP contribution in [0.2, 0.25) is 5.02 Å². The van der Waals surface area contributed by atoms with Crippen LogP contribution in [0.15, 0.2) is 83.8 Å². The zero-order chi connectivity index (χ0) is 28.6. The third-order valence-electron chi connectivity index (χ3n) is 6.71. The van der Waals surface area contributed by atoms with Crippen molar-refractivity contribution in [3.8, 4) is 0 Å². The molecule has 39 heavy (non-hydrogen) atoms. The quantitative estimate of drug-likeness (QED) is 0.309. The Kier molecular flexibility index (Phi) is 10.5. The van der Waals surface area contributed by atoms with Crippen molar-refractivity contribution in [1.82, 2.24) is 10.2 Å². The number of carbonyl (C=O) groups is 2. The Morgan fingerprint density at radius 2 is 1.51 bits per heavy atom. The largest absolute Gasteiger partial charge is 0.352 e. The lowest BCUT2D eigenvalue weighted by atomic mass is 10.1. The highest BCUT2D eigenvalue weighted by Gasteiger charge is 2.34. The number of hydrogen-bond acceptors (Lipinski definition) is 4. The van der Waals surface area contributed by atoms with Crippen molar-refractivity contribution in [3.05, 3.63) is 95.0 Å². The predicted molar refractivity (Wildman–Crippen MR) is 156 cm³/mol. The number of aryl methyl sites for hydroxylation is 1. The SMILES string of the molecule is CCC(C)NC(=O)C(CC)N(Cc1ccccc1C)C(=O)CN(c1ccccc1)S(=O)(=O)c1ccc(Cl)cc1. The van der Waals surface area contributed by atoms with E-state index in [1.807, 2.05) is 52.0 Å².